The summed E-state index contributed by atoms with van der Waals surface area (Å²) in [6, 6.07) is 23.1. The lowest BCUT2D eigenvalue weighted by Gasteiger charge is -2.08. The van der Waals surface area contributed by atoms with E-state index in [9.17, 15) is 13.2 Å². The van der Waals surface area contributed by atoms with Crippen molar-refractivity contribution in [1.82, 2.24) is 5.32 Å². The number of amides is 1. The monoisotopic (exact) mass is 379 g/mol. The van der Waals surface area contributed by atoms with Gasteiger partial charge in [0.25, 0.3) is 5.91 Å². The third-order valence-electron chi connectivity index (χ3n) is 4.22. The molecule has 0 aliphatic carbocycles. The number of hydrogen-bond acceptors (Lipinski definition) is 3. The highest BCUT2D eigenvalue weighted by atomic mass is 32.2. The largest absolute Gasteiger partial charge is 0.348 e. The predicted molar refractivity (Wildman–Crippen MR) is 106 cm³/mol. The van der Waals surface area contributed by atoms with Crippen LogP contribution in [0.25, 0.3) is 0 Å². The van der Waals surface area contributed by atoms with Crippen molar-refractivity contribution in [2.75, 3.05) is 0 Å². The van der Waals surface area contributed by atoms with Gasteiger partial charge in [-0.1, -0.05) is 60.2 Å². The van der Waals surface area contributed by atoms with E-state index in [1.807, 2.05) is 37.3 Å². The molecule has 5 heteroatoms. The third kappa shape index (κ3) is 5.05. The Kier molecular flexibility index (Phi) is 5.72. The van der Waals surface area contributed by atoms with Crippen LogP contribution < -0.4 is 5.32 Å². The SMILES string of the molecule is Cc1ccc(S(=O)(=O)Cc2cccc(C(=O)NCc3ccccc3)c2)cc1. The smallest absolute Gasteiger partial charge is 0.251 e. The highest BCUT2D eigenvalue weighted by molar-refractivity contribution is 7.90. The Labute approximate surface area is 159 Å². The van der Waals surface area contributed by atoms with Gasteiger partial charge in [-0.3, -0.25) is 4.79 Å². The average Bonchev–Trinajstić information content (AvgIpc) is 2.67. The molecule has 0 bridgehead atoms. The Bertz CT molecular complexity index is 1030. The number of aryl methyl sites for hydroxylation is 1. The molecule has 3 aromatic carbocycles. The van der Waals surface area contributed by atoms with Crippen LogP contribution in [-0.4, -0.2) is 14.3 Å². The van der Waals surface area contributed by atoms with E-state index in [1.54, 1.807) is 48.5 Å². The summed E-state index contributed by atoms with van der Waals surface area (Å²) in [5, 5.41) is 2.85. The summed E-state index contributed by atoms with van der Waals surface area (Å²) in [6.07, 6.45) is 0. The predicted octanol–water partition coefficient (Wildman–Crippen LogP) is 3.90. The van der Waals surface area contributed by atoms with Gasteiger partial charge in [0.1, 0.15) is 0 Å². The second-order valence-electron chi connectivity index (χ2n) is 6.44. The molecule has 0 aromatic heterocycles. The molecule has 0 fully saturated rings. The molecule has 138 valence electrons. The highest BCUT2D eigenvalue weighted by Crippen LogP contribution is 2.18. The van der Waals surface area contributed by atoms with Crippen molar-refractivity contribution in [3.63, 3.8) is 0 Å². The van der Waals surface area contributed by atoms with Gasteiger partial charge in [0.15, 0.2) is 9.84 Å². The van der Waals surface area contributed by atoms with Crippen LogP contribution in [0.4, 0.5) is 0 Å². The minimum absolute atomic E-state index is 0.143. The summed E-state index contributed by atoms with van der Waals surface area (Å²) in [7, 11) is -3.46. The molecular weight excluding hydrogens is 358 g/mol. The number of hydrogen-bond donors (Lipinski definition) is 1. The molecular formula is C22H21NO3S. The Balaban J connectivity index is 1.71. The van der Waals surface area contributed by atoms with Crippen molar-refractivity contribution in [1.29, 1.82) is 0 Å². The molecule has 27 heavy (non-hydrogen) atoms. The third-order valence-corrected chi connectivity index (χ3v) is 5.93. The summed E-state index contributed by atoms with van der Waals surface area (Å²) < 4.78 is 25.2. The summed E-state index contributed by atoms with van der Waals surface area (Å²) in [6.45, 7) is 2.33. The lowest BCUT2D eigenvalue weighted by Crippen LogP contribution is -2.22. The van der Waals surface area contributed by atoms with Crippen LogP contribution in [0, 0.1) is 6.92 Å². The van der Waals surface area contributed by atoms with Crippen LogP contribution in [-0.2, 0) is 22.1 Å². The zero-order chi connectivity index (χ0) is 19.3. The maximum atomic E-state index is 12.6. The summed E-state index contributed by atoms with van der Waals surface area (Å²) in [5.41, 5.74) is 3.04. The molecule has 0 unspecified atom stereocenters. The second-order valence-corrected chi connectivity index (χ2v) is 8.43. The molecule has 0 heterocycles. The number of sulfone groups is 1. The van der Waals surface area contributed by atoms with E-state index in [0.29, 0.717) is 17.7 Å². The quantitative estimate of drug-likeness (QED) is 0.706. The first kappa shape index (κ1) is 18.9. The first-order valence-electron chi connectivity index (χ1n) is 8.64. The van der Waals surface area contributed by atoms with Crippen molar-refractivity contribution in [3.8, 4) is 0 Å². The number of carbonyl (C=O) groups excluding carboxylic acids is 1. The molecule has 0 aliphatic heterocycles. The van der Waals surface area contributed by atoms with Gasteiger partial charge in [0.2, 0.25) is 0 Å². The van der Waals surface area contributed by atoms with Gasteiger partial charge in [-0.2, -0.15) is 0 Å². The highest BCUT2D eigenvalue weighted by Gasteiger charge is 2.16. The van der Waals surface area contributed by atoms with Gasteiger partial charge in [0.05, 0.1) is 10.6 Å². The fourth-order valence-corrected chi connectivity index (χ4v) is 4.07. The number of carbonyl (C=O) groups is 1. The van der Waals surface area contributed by atoms with Gasteiger partial charge in [0, 0.05) is 12.1 Å². The van der Waals surface area contributed by atoms with Crippen molar-refractivity contribution in [3.05, 3.63) is 101 Å². The molecule has 0 spiro atoms. The standard InChI is InChI=1S/C22H21NO3S/c1-17-10-12-21(13-11-17)27(25,26)16-19-8-5-9-20(14-19)22(24)23-15-18-6-3-2-4-7-18/h2-14H,15-16H2,1H3,(H,23,24). The first-order valence-corrected chi connectivity index (χ1v) is 10.3. The van der Waals surface area contributed by atoms with Crippen LogP contribution in [0.1, 0.15) is 27.0 Å². The Morgan fingerprint density at radius 3 is 2.22 bits per heavy atom. The van der Waals surface area contributed by atoms with Gasteiger partial charge >= 0.3 is 0 Å². The van der Waals surface area contributed by atoms with E-state index in [1.165, 1.54) is 0 Å². The van der Waals surface area contributed by atoms with Crippen molar-refractivity contribution >= 4 is 15.7 Å². The van der Waals surface area contributed by atoms with Crippen LogP contribution >= 0.6 is 0 Å². The normalized spacial score (nSPS) is 11.1. The van der Waals surface area contributed by atoms with E-state index >= 15 is 0 Å². The van der Waals surface area contributed by atoms with E-state index in [4.69, 9.17) is 0 Å². The van der Waals surface area contributed by atoms with Crippen LogP contribution in [0.15, 0.2) is 83.8 Å². The van der Waals surface area contributed by atoms with E-state index in [-0.39, 0.29) is 16.6 Å². The molecule has 0 aliphatic rings. The topological polar surface area (TPSA) is 63.2 Å². The van der Waals surface area contributed by atoms with Gasteiger partial charge in [-0.15, -0.1) is 0 Å². The molecule has 3 rings (SSSR count). The fourth-order valence-electron chi connectivity index (χ4n) is 2.73. The van der Waals surface area contributed by atoms with E-state index in [0.717, 1.165) is 11.1 Å². The second kappa shape index (κ2) is 8.18. The number of benzene rings is 3. The van der Waals surface area contributed by atoms with Crippen molar-refractivity contribution in [2.24, 2.45) is 0 Å². The summed E-state index contributed by atoms with van der Waals surface area (Å²) >= 11 is 0. The van der Waals surface area contributed by atoms with Crippen molar-refractivity contribution < 1.29 is 13.2 Å². The van der Waals surface area contributed by atoms with Crippen LogP contribution in [0.2, 0.25) is 0 Å². The molecule has 0 saturated carbocycles. The van der Waals surface area contributed by atoms with Crippen molar-refractivity contribution in [2.45, 2.75) is 24.1 Å². The van der Waals surface area contributed by atoms with Crippen LogP contribution in [0.3, 0.4) is 0 Å². The van der Waals surface area contributed by atoms with E-state index in [2.05, 4.69) is 5.32 Å². The molecule has 0 saturated heterocycles. The summed E-state index contributed by atoms with van der Waals surface area (Å²) in [5.74, 6) is -0.371. The van der Waals surface area contributed by atoms with Gasteiger partial charge < -0.3 is 5.32 Å². The maximum absolute atomic E-state index is 12.6. The Morgan fingerprint density at radius 1 is 0.852 bits per heavy atom. The number of rotatable bonds is 6. The van der Waals surface area contributed by atoms with E-state index < -0.39 is 9.84 Å². The first-order chi connectivity index (χ1) is 12.9. The number of nitrogens with one attached hydrogen (secondary N) is 1. The molecule has 0 atom stereocenters. The minimum Gasteiger partial charge on any atom is -0.348 e. The Hall–Kier alpha value is -2.92. The average molecular weight is 379 g/mol. The zero-order valence-corrected chi connectivity index (χ0v) is 15.9. The zero-order valence-electron chi connectivity index (χ0n) is 15.1. The summed E-state index contributed by atoms with van der Waals surface area (Å²) in [4.78, 5) is 12.7. The lowest BCUT2D eigenvalue weighted by atomic mass is 10.1. The fraction of sp³-hybridized carbons (Fsp3) is 0.136. The molecule has 0 radical (unpaired) electrons. The molecule has 1 N–H and O–H groups in total. The van der Waals surface area contributed by atoms with Gasteiger partial charge in [-0.25, -0.2) is 8.42 Å². The molecule has 3 aromatic rings. The van der Waals surface area contributed by atoms with Crippen LogP contribution in [0.5, 0.6) is 0 Å². The Morgan fingerprint density at radius 2 is 1.52 bits per heavy atom. The lowest BCUT2D eigenvalue weighted by molar-refractivity contribution is 0.0951. The molecule has 1 amide bonds. The minimum atomic E-state index is -3.46. The van der Waals surface area contributed by atoms with Gasteiger partial charge in [-0.05, 0) is 42.3 Å². The maximum Gasteiger partial charge on any atom is 0.251 e. The molecule has 4 nitrogen and oxygen atoms in total.